The largest absolute Gasteiger partial charge is 0.497 e. The molecule has 0 radical (unpaired) electrons. The number of benzene rings is 3. The molecule has 5 heteroatoms. The summed E-state index contributed by atoms with van der Waals surface area (Å²) in [5.74, 6) is 0.599. The molecule has 1 N–H and O–H groups in total. The van der Waals surface area contributed by atoms with Gasteiger partial charge in [-0.05, 0) is 72.3 Å². The molecule has 0 bridgehead atoms. The van der Waals surface area contributed by atoms with Crippen LogP contribution in [-0.4, -0.2) is 25.3 Å². The van der Waals surface area contributed by atoms with Crippen LogP contribution in [0.25, 0.3) is 6.08 Å². The molecule has 0 amide bonds. The summed E-state index contributed by atoms with van der Waals surface area (Å²) >= 11 is 0. The van der Waals surface area contributed by atoms with Crippen molar-refractivity contribution in [2.45, 2.75) is 0 Å². The molecule has 0 aliphatic heterocycles. The molecule has 3 aromatic carbocycles. The molecule has 5 nitrogen and oxygen atoms in total. The lowest BCUT2D eigenvalue weighted by Crippen LogP contribution is -2.09. The summed E-state index contributed by atoms with van der Waals surface area (Å²) < 4.78 is 10.5. The number of anilines is 3. The molecule has 0 atom stereocenters. The van der Waals surface area contributed by atoms with Gasteiger partial charge in [0.15, 0.2) is 0 Å². The first-order valence-corrected chi connectivity index (χ1v) is 8.70. The van der Waals surface area contributed by atoms with Crippen molar-refractivity contribution in [2.75, 3.05) is 19.1 Å². The Labute approximate surface area is 164 Å². The molecule has 0 saturated heterocycles. The fourth-order valence-corrected chi connectivity index (χ4v) is 2.81. The molecule has 142 valence electrons. The van der Waals surface area contributed by atoms with Crippen molar-refractivity contribution in [1.82, 2.24) is 0 Å². The Hall–Kier alpha value is -3.73. The lowest BCUT2D eigenvalue weighted by atomic mass is 10.1. The number of methoxy groups -OCH3 is 2. The zero-order chi connectivity index (χ0) is 19.9. The zero-order valence-electron chi connectivity index (χ0n) is 15.7. The standard InChI is InChI=1S/C23H21NO4/c1-27-21-12-8-19(9-13-21)24(20-10-14-22(28-2)15-11-20)18-6-3-17(4-7-18)5-16-23(25)26/h3-16H,1-2H3,(H,25,26). The average molecular weight is 375 g/mol. The Balaban J connectivity index is 2.00. The molecule has 0 unspecified atom stereocenters. The maximum atomic E-state index is 10.7. The van der Waals surface area contributed by atoms with Crippen molar-refractivity contribution in [3.8, 4) is 11.5 Å². The number of carbonyl (C=O) groups is 1. The van der Waals surface area contributed by atoms with E-state index in [-0.39, 0.29) is 0 Å². The number of carboxylic acids is 1. The summed E-state index contributed by atoms with van der Waals surface area (Å²) in [4.78, 5) is 12.8. The first-order valence-electron chi connectivity index (χ1n) is 8.70. The Bertz CT molecular complexity index is 898. The predicted octanol–water partition coefficient (Wildman–Crippen LogP) is 5.27. The molecular formula is C23H21NO4. The Kier molecular flexibility index (Phi) is 5.97. The average Bonchev–Trinajstić information content (AvgIpc) is 2.74. The highest BCUT2D eigenvalue weighted by molar-refractivity contribution is 5.85. The summed E-state index contributed by atoms with van der Waals surface area (Å²) in [6.07, 6.45) is 2.69. The van der Waals surface area contributed by atoms with E-state index in [1.165, 1.54) is 0 Å². The lowest BCUT2D eigenvalue weighted by molar-refractivity contribution is -0.131. The highest BCUT2D eigenvalue weighted by Crippen LogP contribution is 2.36. The normalized spacial score (nSPS) is 10.6. The summed E-state index contributed by atoms with van der Waals surface area (Å²) in [7, 11) is 3.28. The van der Waals surface area contributed by atoms with Gasteiger partial charge in [-0.3, -0.25) is 0 Å². The zero-order valence-corrected chi connectivity index (χ0v) is 15.7. The van der Waals surface area contributed by atoms with Gasteiger partial charge < -0.3 is 19.5 Å². The number of hydrogen-bond acceptors (Lipinski definition) is 4. The number of rotatable bonds is 7. The maximum Gasteiger partial charge on any atom is 0.328 e. The third-order valence-electron chi connectivity index (χ3n) is 4.23. The molecule has 0 aliphatic rings. The van der Waals surface area contributed by atoms with Crippen LogP contribution < -0.4 is 14.4 Å². The molecule has 0 aromatic heterocycles. The van der Waals surface area contributed by atoms with Gasteiger partial charge in [0.05, 0.1) is 14.2 Å². The summed E-state index contributed by atoms with van der Waals surface area (Å²) in [5.41, 5.74) is 3.71. The Morgan fingerprint density at radius 1 is 0.750 bits per heavy atom. The molecular weight excluding hydrogens is 354 g/mol. The van der Waals surface area contributed by atoms with Crippen LogP contribution in [0.5, 0.6) is 11.5 Å². The van der Waals surface area contributed by atoms with E-state index in [9.17, 15) is 4.79 Å². The number of ether oxygens (including phenoxy) is 2. The number of nitrogens with zero attached hydrogens (tertiary/aromatic N) is 1. The van der Waals surface area contributed by atoms with Gasteiger partial charge in [0, 0.05) is 23.1 Å². The van der Waals surface area contributed by atoms with Crippen LogP contribution in [0.2, 0.25) is 0 Å². The molecule has 0 fully saturated rings. The van der Waals surface area contributed by atoms with Crippen LogP contribution in [0.4, 0.5) is 17.1 Å². The summed E-state index contributed by atoms with van der Waals surface area (Å²) in [5, 5.41) is 8.78. The van der Waals surface area contributed by atoms with Gasteiger partial charge in [-0.1, -0.05) is 12.1 Å². The number of hydrogen-bond donors (Lipinski definition) is 1. The van der Waals surface area contributed by atoms with Crippen LogP contribution in [0.3, 0.4) is 0 Å². The van der Waals surface area contributed by atoms with Crippen molar-refractivity contribution in [2.24, 2.45) is 0 Å². The van der Waals surface area contributed by atoms with Crippen LogP contribution in [-0.2, 0) is 4.79 Å². The highest BCUT2D eigenvalue weighted by Gasteiger charge is 2.12. The van der Waals surface area contributed by atoms with Gasteiger partial charge in [-0.15, -0.1) is 0 Å². The van der Waals surface area contributed by atoms with Gasteiger partial charge in [0.1, 0.15) is 11.5 Å². The van der Waals surface area contributed by atoms with Crippen LogP contribution in [0.15, 0.2) is 78.9 Å². The van der Waals surface area contributed by atoms with E-state index in [1.807, 2.05) is 72.8 Å². The summed E-state index contributed by atoms with van der Waals surface area (Å²) in [6.45, 7) is 0. The second kappa shape index (κ2) is 8.77. The van der Waals surface area contributed by atoms with E-state index in [4.69, 9.17) is 14.6 Å². The van der Waals surface area contributed by atoms with Crippen molar-refractivity contribution in [3.05, 3.63) is 84.4 Å². The van der Waals surface area contributed by atoms with Crippen LogP contribution >= 0.6 is 0 Å². The van der Waals surface area contributed by atoms with Gasteiger partial charge in [0.2, 0.25) is 0 Å². The predicted molar refractivity (Wildman–Crippen MR) is 111 cm³/mol. The minimum atomic E-state index is -0.970. The Morgan fingerprint density at radius 3 is 1.50 bits per heavy atom. The second-order valence-electron chi connectivity index (χ2n) is 5.99. The van der Waals surface area contributed by atoms with Crippen molar-refractivity contribution in [3.63, 3.8) is 0 Å². The fraction of sp³-hybridized carbons (Fsp3) is 0.0870. The minimum absolute atomic E-state index is 0.785. The van der Waals surface area contributed by atoms with Gasteiger partial charge in [-0.2, -0.15) is 0 Å². The third-order valence-corrected chi connectivity index (χ3v) is 4.23. The molecule has 0 spiro atoms. The fourth-order valence-electron chi connectivity index (χ4n) is 2.81. The minimum Gasteiger partial charge on any atom is -0.497 e. The molecule has 3 aromatic rings. The molecule has 0 saturated carbocycles. The van der Waals surface area contributed by atoms with E-state index < -0.39 is 5.97 Å². The van der Waals surface area contributed by atoms with Gasteiger partial charge >= 0.3 is 5.97 Å². The highest BCUT2D eigenvalue weighted by atomic mass is 16.5. The quantitative estimate of drug-likeness (QED) is 0.570. The van der Waals surface area contributed by atoms with E-state index >= 15 is 0 Å². The molecule has 28 heavy (non-hydrogen) atoms. The monoisotopic (exact) mass is 375 g/mol. The first-order chi connectivity index (χ1) is 13.6. The van der Waals surface area contributed by atoms with E-state index in [0.29, 0.717) is 0 Å². The van der Waals surface area contributed by atoms with E-state index in [1.54, 1.807) is 20.3 Å². The van der Waals surface area contributed by atoms with E-state index in [2.05, 4.69) is 4.90 Å². The Morgan fingerprint density at radius 2 is 1.14 bits per heavy atom. The number of carboxylic acid groups (broad SMARTS) is 1. The smallest absolute Gasteiger partial charge is 0.328 e. The second-order valence-corrected chi connectivity index (χ2v) is 5.99. The van der Waals surface area contributed by atoms with Gasteiger partial charge in [-0.25, -0.2) is 4.79 Å². The number of aliphatic carboxylic acids is 1. The topological polar surface area (TPSA) is 59.0 Å². The SMILES string of the molecule is COc1ccc(N(c2ccc(C=CC(=O)O)cc2)c2ccc(OC)cc2)cc1. The van der Waals surface area contributed by atoms with Crippen molar-refractivity contribution in [1.29, 1.82) is 0 Å². The van der Waals surface area contributed by atoms with Crippen LogP contribution in [0.1, 0.15) is 5.56 Å². The molecule has 3 rings (SSSR count). The lowest BCUT2D eigenvalue weighted by Gasteiger charge is -2.26. The molecule has 0 aliphatic carbocycles. The summed E-state index contributed by atoms with van der Waals surface area (Å²) in [6, 6.07) is 23.3. The van der Waals surface area contributed by atoms with Crippen LogP contribution in [0, 0.1) is 0 Å². The van der Waals surface area contributed by atoms with Crippen molar-refractivity contribution < 1.29 is 19.4 Å². The van der Waals surface area contributed by atoms with Crippen molar-refractivity contribution >= 4 is 29.1 Å². The van der Waals surface area contributed by atoms with Gasteiger partial charge in [0.25, 0.3) is 0 Å². The van der Waals surface area contributed by atoms with E-state index in [0.717, 1.165) is 40.2 Å². The molecule has 0 heterocycles. The third kappa shape index (κ3) is 4.51. The first kappa shape index (κ1) is 19.0. The maximum absolute atomic E-state index is 10.7.